The minimum Gasteiger partial charge on any atom is -0.339 e. The van der Waals surface area contributed by atoms with Gasteiger partial charge in [0.2, 0.25) is 15.9 Å². The Kier molecular flexibility index (Phi) is 5.57. The third kappa shape index (κ3) is 3.71. The van der Waals surface area contributed by atoms with E-state index in [1.54, 1.807) is 17.9 Å². The molecule has 138 valence electrons. The van der Waals surface area contributed by atoms with Crippen molar-refractivity contribution in [2.24, 2.45) is 5.73 Å². The summed E-state index contributed by atoms with van der Waals surface area (Å²) in [6.07, 6.45) is 0. The number of aromatic amines is 2. The average molecular weight is 390 g/mol. The number of nitrogens with one attached hydrogen (secondary N) is 2. The second kappa shape index (κ2) is 7.16. The van der Waals surface area contributed by atoms with E-state index in [0.717, 1.165) is 0 Å². The summed E-state index contributed by atoms with van der Waals surface area (Å²) in [7, 11) is -3.69. The summed E-state index contributed by atoms with van der Waals surface area (Å²) in [5.74, 6) is -0.182. The molecule has 1 amide bonds. The number of halogens is 1. The Balaban J connectivity index is 0.00000225. The minimum atomic E-state index is -3.69. The average Bonchev–Trinajstić information content (AvgIpc) is 2.93. The first-order valence-electron chi connectivity index (χ1n) is 7.55. The first-order chi connectivity index (χ1) is 11.3. The van der Waals surface area contributed by atoms with Gasteiger partial charge in [0, 0.05) is 26.2 Å². The van der Waals surface area contributed by atoms with Crippen molar-refractivity contribution >= 4 is 39.4 Å². The molecule has 1 fully saturated rings. The van der Waals surface area contributed by atoms with E-state index < -0.39 is 16.1 Å². The topological polar surface area (TPSA) is 132 Å². The lowest BCUT2D eigenvalue weighted by Crippen LogP contribution is -2.53. The highest BCUT2D eigenvalue weighted by Gasteiger charge is 2.31. The summed E-state index contributed by atoms with van der Waals surface area (Å²) in [6, 6.07) is 3.85. The SMILES string of the molecule is C[C@H](N)C(=O)N1CCN(S(=O)(=O)c2ccc3[nH]c(=O)[nH]c3c2)CC1.Cl. The Hall–Kier alpha value is -1.88. The number of carbonyl (C=O) groups is 1. The number of hydrogen-bond acceptors (Lipinski definition) is 5. The molecule has 25 heavy (non-hydrogen) atoms. The van der Waals surface area contributed by atoms with Gasteiger partial charge in [0.1, 0.15) is 0 Å². The highest BCUT2D eigenvalue weighted by Crippen LogP contribution is 2.20. The molecule has 11 heteroatoms. The number of amides is 1. The number of nitrogens with two attached hydrogens (primary N) is 1. The Morgan fingerprint density at radius 2 is 1.76 bits per heavy atom. The van der Waals surface area contributed by atoms with Gasteiger partial charge in [-0.25, -0.2) is 13.2 Å². The monoisotopic (exact) mass is 389 g/mol. The number of benzene rings is 1. The number of rotatable bonds is 3. The normalized spacial score (nSPS) is 17.3. The van der Waals surface area contributed by atoms with Gasteiger partial charge in [0.05, 0.1) is 22.0 Å². The van der Waals surface area contributed by atoms with Crippen LogP contribution in [0.3, 0.4) is 0 Å². The molecule has 1 aliphatic rings. The predicted molar refractivity (Wildman–Crippen MR) is 95.2 cm³/mol. The van der Waals surface area contributed by atoms with Crippen LogP contribution in [0.15, 0.2) is 27.9 Å². The summed E-state index contributed by atoms with van der Waals surface area (Å²) in [6.45, 7) is 2.65. The highest BCUT2D eigenvalue weighted by molar-refractivity contribution is 7.89. The molecule has 1 aliphatic heterocycles. The molecule has 2 heterocycles. The molecule has 1 atom stereocenters. The molecule has 0 spiro atoms. The zero-order valence-electron chi connectivity index (χ0n) is 13.6. The van der Waals surface area contributed by atoms with Gasteiger partial charge < -0.3 is 20.6 Å². The molecule has 0 bridgehead atoms. The molecule has 0 aliphatic carbocycles. The van der Waals surface area contributed by atoms with Crippen molar-refractivity contribution < 1.29 is 13.2 Å². The lowest BCUT2D eigenvalue weighted by atomic mass is 10.2. The summed E-state index contributed by atoms with van der Waals surface area (Å²) < 4.78 is 26.8. The zero-order chi connectivity index (χ0) is 17.5. The third-order valence-corrected chi connectivity index (χ3v) is 5.96. The second-order valence-electron chi connectivity index (χ2n) is 5.80. The van der Waals surface area contributed by atoms with Gasteiger partial charge in [0.15, 0.2) is 0 Å². The number of H-pyrrole nitrogens is 2. The fourth-order valence-electron chi connectivity index (χ4n) is 2.76. The quantitative estimate of drug-likeness (QED) is 0.648. The van der Waals surface area contributed by atoms with Crippen LogP contribution < -0.4 is 11.4 Å². The smallest absolute Gasteiger partial charge is 0.323 e. The van der Waals surface area contributed by atoms with Crippen molar-refractivity contribution in [3.05, 3.63) is 28.7 Å². The van der Waals surface area contributed by atoms with Crippen LogP contribution in [0.5, 0.6) is 0 Å². The maximum Gasteiger partial charge on any atom is 0.323 e. The number of fused-ring (bicyclic) bond motifs is 1. The summed E-state index contributed by atoms with van der Waals surface area (Å²) in [5, 5.41) is 0. The zero-order valence-corrected chi connectivity index (χ0v) is 15.2. The van der Waals surface area contributed by atoms with Gasteiger partial charge in [-0.1, -0.05) is 0 Å². The van der Waals surface area contributed by atoms with E-state index in [-0.39, 0.29) is 42.0 Å². The van der Waals surface area contributed by atoms with E-state index in [9.17, 15) is 18.0 Å². The second-order valence-corrected chi connectivity index (χ2v) is 7.74. The maximum absolute atomic E-state index is 12.7. The maximum atomic E-state index is 12.7. The van der Waals surface area contributed by atoms with Crippen molar-refractivity contribution in [3.8, 4) is 0 Å². The fourth-order valence-corrected chi connectivity index (χ4v) is 4.21. The Morgan fingerprint density at radius 1 is 1.16 bits per heavy atom. The highest BCUT2D eigenvalue weighted by atomic mass is 35.5. The number of aromatic nitrogens is 2. The van der Waals surface area contributed by atoms with Gasteiger partial charge >= 0.3 is 5.69 Å². The van der Waals surface area contributed by atoms with E-state index in [1.165, 1.54) is 16.4 Å². The lowest BCUT2D eigenvalue weighted by Gasteiger charge is -2.34. The predicted octanol–water partition coefficient (Wildman–Crippen LogP) is -0.542. The van der Waals surface area contributed by atoms with Crippen LogP contribution in [0.2, 0.25) is 0 Å². The summed E-state index contributed by atoms with van der Waals surface area (Å²) in [5.41, 5.74) is 6.18. The fraction of sp³-hybridized carbons (Fsp3) is 0.429. The van der Waals surface area contributed by atoms with Crippen LogP contribution in [-0.4, -0.2) is 65.7 Å². The Bertz CT molecular complexity index is 928. The first-order valence-corrected chi connectivity index (χ1v) is 8.99. The molecule has 1 aromatic carbocycles. The molecular formula is C14H20ClN5O4S. The van der Waals surface area contributed by atoms with E-state index in [2.05, 4.69) is 9.97 Å². The largest absolute Gasteiger partial charge is 0.339 e. The number of piperazine rings is 1. The van der Waals surface area contributed by atoms with Crippen LogP contribution in [-0.2, 0) is 14.8 Å². The van der Waals surface area contributed by atoms with E-state index in [1.807, 2.05) is 0 Å². The van der Waals surface area contributed by atoms with Gasteiger partial charge in [0.25, 0.3) is 0 Å². The van der Waals surface area contributed by atoms with Gasteiger partial charge in [-0.2, -0.15) is 4.31 Å². The van der Waals surface area contributed by atoms with Crippen molar-refractivity contribution in [2.75, 3.05) is 26.2 Å². The van der Waals surface area contributed by atoms with Gasteiger partial charge in [-0.3, -0.25) is 4.79 Å². The third-order valence-electron chi connectivity index (χ3n) is 4.07. The molecule has 1 saturated heterocycles. The minimum absolute atomic E-state index is 0. The van der Waals surface area contributed by atoms with Crippen LogP contribution in [0, 0.1) is 0 Å². The van der Waals surface area contributed by atoms with Crippen molar-refractivity contribution in [3.63, 3.8) is 0 Å². The standard InChI is InChI=1S/C14H19N5O4S.ClH/c1-9(15)13(20)18-4-6-19(7-5-18)24(22,23)10-2-3-11-12(8-10)17-14(21)16-11;/h2-3,8-9H,4-7,15H2,1H3,(H2,16,17,21);1H/t9-;/m0./s1. The number of sulfonamides is 1. The van der Waals surface area contributed by atoms with Crippen molar-refractivity contribution in [1.82, 2.24) is 19.2 Å². The molecule has 0 radical (unpaired) electrons. The van der Waals surface area contributed by atoms with Gasteiger partial charge in [-0.15, -0.1) is 12.4 Å². The molecule has 0 saturated carbocycles. The van der Waals surface area contributed by atoms with E-state index >= 15 is 0 Å². The molecule has 2 aromatic rings. The molecule has 9 nitrogen and oxygen atoms in total. The van der Waals surface area contributed by atoms with Crippen LogP contribution in [0.4, 0.5) is 0 Å². The number of hydrogen-bond donors (Lipinski definition) is 3. The van der Waals surface area contributed by atoms with E-state index in [0.29, 0.717) is 24.1 Å². The van der Waals surface area contributed by atoms with E-state index in [4.69, 9.17) is 5.73 Å². The van der Waals surface area contributed by atoms with Crippen molar-refractivity contribution in [2.45, 2.75) is 17.9 Å². The van der Waals surface area contributed by atoms with Crippen molar-refractivity contribution in [1.29, 1.82) is 0 Å². The van der Waals surface area contributed by atoms with Crippen LogP contribution in [0.25, 0.3) is 11.0 Å². The molecule has 0 unspecified atom stereocenters. The van der Waals surface area contributed by atoms with Gasteiger partial charge in [-0.05, 0) is 25.1 Å². The molecule has 3 rings (SSSR count). The molecule has 4 N–H and O–H groups in total. The van der Waals surface area contributed by atoms with Crippen LogP contribution >= 0.6 is 12.4 Å². The Labute approximate surface area is 150 Å². The number of imidazole rings is 1. The molecule has 1 aromatic heterocycles. The first kappa shape index (κ1) is 19.4. The lowest BCUT2D eigenvalue weighted by molar-refractivity contribution is -0.133. The number of carbonyl (C=O) groups excluding carboxylic acids is 1. The summed E-state index contributed by atoms with van der Waals surface area (Å²) >= 11 is 0. The summed E-state index contributed by atoms with van der Waals surface area (Å²) in [4.78, 5) is 30.0. The molecular weight excluding hydrogens is 370 g/mol. The Morgan fingerprint density at radius 3 is 2.36 bits per heavy atom. The van der Waals surface area contributed by atoms with Crippen LogP contribution in [0.1, 0.15) is 6.92 Å². The number of nitrogens with zero attached hydrogens (tertiary/aromatic N) is 2.